The van der Waals surface area contributed by atoms with Gasteiger partial charge >= 0.3 is 0 Å². The highest BCUT2D eigenvalue weighted by Crippen LogP contribution is 2.44. The fraction of sp³-hybridized carbons (Fsp3) is 0.278. The number of unbranched alkanes of at least 4 members (excludes halogenated alkanes) is 5. The second-order valence-corrected chi connectivity index (χ2v) is 10.8. The molecule has 2 N–H and O–H groups in total. The zero-order chi connectivity index (χ0) is 28.9. The Bertz CT molecular complexity index is 1730. The Morgan fingerprint density at radius 1 is 0.548 bits per heavy atom. The third kappa shape index (κ3) is 5.42. The van der Waals surface area contributed by atoms with E-state index in [4.69, 9.17) is 25.2 Å². The lowest BCUT2D eigenvalue weighted by atomic mass is 10.0. The highest BCUT2D eigenvalue weighted by Gasteiger charge is 2.22. The molecule has 2 heterocycles. The minimum absolute atomic E-state index is 0.772. The van der Waals surface area contributed by atoms with Gasteiger partial charge in [0.2, 0.25) is 0 Å². The molecule has 0 aliphatic rings. The molecular formula is C36H38N4O2. The topological polar surface area (TPSA) is 73.5 Å². The molecule has 0 aliphatic heterocycles. The average Bonchev–Trinajstić information content (AvgIpc) is 3.03. The van der Waals surface area contributed by atoms with E-state index in [0.29, 0.717) is 0 Å². The molecule has 42 heavy (non-hydrogen) atoms. The molecule has 0 amide bonds. The first-order chi connectivity index (χ1) is 20.7. The zero-order valence-electron chi connectivity index (χ0n) is 24.5. The molecule has 6 heteroatoms. The van der Waals surface area contributed by atoms with E-state index in [2.05, 4.69) is 65.6 Å². The lowest BCUT2D eigenvalue weighted by Gasteiger charge is -2.30. The van der Waals surface area contributed by atoms with Gasteiger partial charge in [0.1, 0.15) is 11.5 Å². The number of aromatic nitrogens is 2. The third-order valence-corrected chi connectivity index (χ3v) is 8.10. The number of nitrogens with zero attached hydrogens (tertiary/aromatic N) is 3. The molecule has 0 saturated heterocycles. The predicted octanol–water partition coefficient (Wildman–Crippen LogP) is 8.54. The molecule has 0 aliphatic carbocycles. The van der Waals surface area contributed by atoms with Crippen LogP contribution in [0.2, 0.25) is 0 Å². The second-order valence-electron chi connectivity index (χ2n) is 10.8. The number of hydrogen-bond donors (Lipinski definition) is 1. The summed E-state index contributed by atoms with van der Waals surface area (Å²) in [5, 5.41) is 4.45. The summed E-state index contributed by atoms with van der Waals surface area (Å²) in [6.45, 7) is 1.63. The number of pyridine rings is 2. The van der Waals surface area contributed by atoms with Gasteiger partial charge in [-0.05, 0) is 55.8 Å². The monoisotopic (exact) mass is 558 g/mol. The van der Waals surface area contributed by atoms with Crippen LogP contribution < -0.4 is 20.1 Å². The number of benzene rings is 4. The van der Waals surface area contributed by atoms with Crippen molar-refractivity contribution in [1.29, 1.82) is 0 Å². The zero-order valence-corrected chi connectivity index (χ0v) is 24.5. The van der Waals surface area contributed by atoms with Gasteiger partial charge in [-0.15, -0.1) is 0 Å². The number of anilines is 2. The molecule has 2 aromatic heterocycles. The quantitative estimate of drug-likeness (QED) is 0.120. The van der Waals surface area contributed by atoms with Crippen LogP contribution in [0.15, 0.2) is 84.9 Å². The normalized spacial score (nSPS) is 11.5. The van der Waals surface area contributed by atoms with Gasteiger partial charge in [-0.2, -0.15) is 0 Å². The summed E-state index contributed by atoms with van der Waals surface area (Å²) < 4.78 is 11.2. The molecule has 0 bridgehead atoms. The van der Waals surface area contributed by atoms with Crippen LogP contribution >= 0.6 is 0 Å². The average molecular weight is 559 g/mol. The van der Waals surface area contributed by atoms with Gasteiger partial charge in [-0.1, -0.05) is 62.1 Å². The fourth-order valence-electron chi connectivity index (χ4n) is 5.99. The van der Waals surface area contributed by atoms with Gasteiger partial charge in [0.25, 0.3) is 0 Å². The number of para-hydroxylation sites is 2. The number of rotatable bonds is 12. The van der Waals surface area contributed by atoms with Crippen LogP contribution in [0.3, 0.4) is 0 Å². The number of methoxy groups -OCH3 is 2. The SMILES string of the molecule is COc1ccc2c(N(CCCCCCCCN)c3c4ccccc4nc4cc(OC)ccc34)c3ccccc3nc2c1. The number of hydrogen-bond acceptors (Lipinski definition) is 6. The molecule has 0 saturated carbocycles. The summed E-state index contributed by atoms with van der Waals surface area (Å²) in [6, 6.07) is 29.3. The van der Waals surface area contributed by atoms with E-state index in [1.807, 2.05) is 24.3 Å². The summed E-state index contributed by atoms with van der Waals surface area (Å²) in [5.74, 6) is 1.60. The highest BCUT2D eigenvalue weighted by molar-refractivity contribution is 6.15. The minimum atomic E-state index is 0.772. The van der Waals surface area contributed by atoms with Gasteiger partial charge in [0.05, 0.1) is 47.7 Å². The first-order valence-electron chi connectivity index (χ1n) is 14.9. The smallest absolute Gasteiger partial charge is 0.121 e. The molecule has 0 radical (unpaired) electrons. The van der Waals surface area contributed by atoms with Crippen molar-refractivity contribution in [2.45, 2.75) is 38.5 Å². The van der Waals surface area contributed by atoms with Crippen molar-refractivity contribution >= 4 is 55.0 Å². The van der Waals surface area contributed by atoms with E-state index in [0.717, 1.165) is 98.8 Å². The lowest BCUT2D eigenvalue weighted by Crippen LogP contribution is -2.20. The summed E-state index contributed by atoms with van der Waals surface area (Å²) in [5.41, 5.74) is 11.8. The van der Waals surface area contributed by atoms with Crippen LogP contribution in [-0.4, -0.2) is 37.3 Å². The summed E-state index contributed by atoms with van der Waals surface area (Å²) in [4.78, 5) is 12.7. The van der Waals surface area contributed by atoms with Crippen molar-refractivity contribution in [3.05, 3.63) is 84.9 Å². The first kappa shape index (κ1) is 27.7. The standard InChI is InChI=1S/C36H38N4O2/c1-41-25-17-19-29-33(23-25)38-31-15-9-7-13-27(31)35(29)40(22-12-6-4-3-5-11-21-37)36-28-14-8-10-16-32(28)39-34-24-26(42-2)18-20-30(34)36/h7-10,13-20,23-24H,3-6,11-12,21-22,37H2,1-2H3. The van der Waals surface area contributed by atoms with E-state index in [1.54, 1.807) is 14.2 Å². The fourth-order valence-corrected chi connectivity index (χ4v) is 5.99. The molecule has 6 rings (SSSR count). The lowest BCUT2D eigenvalue weighted by molar-refractivity contribution is 0.415. The van der Waals surface area contributed by atoms with Gasteiger partial charge in [-0.3, -0.25) is 0 Å². The summed E-state index contributed by atoms with van der Waals surface area (Å²) >= 11 is 0. The maximum atomic E-state index is 5.72. The van der Waals surface area contributed by atoms with Gasteiger partial charge < -0.3 is 20.1 Å². The predicted molar refractivity (Wildman–Crippen MR) is 175 cm³/mol. The minimum Gasteiger partial charge on any atom is -0.497 e. The molecule has 0 atom stereocenters. The Morgan fingerprint density at radius 2 is 1.00 bits per heavy atom. The van der Waals surface area contributed by atoms with Crippen LogP contribution in [-0.2, 0) is 0 Å². The number of fused-ring (bicyclic) bond motifs is 4. The number of ether oxygens (including phenoxy) is 2. The molecule has 0 fully saturated rings. The maximum Gasteiger partial charge on any atom is 0.121 e. The van der Waals surface area contributed by atoms with Crippen LogP contribution in [0.4, 0.5) is 11.4 Å². The molecule has 4 aromatic carbocycles. The third-order valence-electron chi connectivity index (χ3n) is 8.10. The summed E-state index contributed by atoms with van der Waals surface area (Å²) in [7, 11) is 3.40. The molecule has 0 spiro atoms. The van der Waals surface area contributed by atoms with Crippen molar-refractivity contribution in [1.82, 2.24) is 9.97 Å². The van der Waals surface area contributed by atoms with Crippen LogP contribution in [0, 0.1) is 0 Å². The van der Waals surface area contributed by atoms with Crippen molar-refractivity contribution in [2.24, 2.45) is 5.73 Å². The Kier molecular flexibility index (Phi) is 8.33. The van der Waals surface area contributed by atoms with Crippen LogP contribution in [0.5, 0.6) is 11.5 Å². The van der Waals surface area contributed by atoms with Gasteiger partial charge in [-0.25, -0.2) is 9.97 Å². The van der Waals surface area contributed by atoms with E-state index >= 15 is 0 Å². The van der Waals surface area contributed by atoms with Crippen molar-refractivity contribution in [3.63, 3.8) is 0 Å². The molecule has 0 unspecified atom stereocenters. The van der Waals surface area contributed by atoms with Crippen molar-refractivity contribution in [2.75, 3.05) is 32.2 Å². The number of nitrogens with two attached hydrogens (primary N) is 1. The van der Waals surface area contributed by atoms with E-state index < -0.39 is 0 Å². The van der Waals surface area contributed by atoms with Crippen molar-refractivity contribution in [3.8, 4) is 11.5 Å². The Morgan fingerprint density at radius 3 is 1.50 bits per heavy atom. The van der Waals surface area contributed by atoms with E-state index in [-0.39, 0.29) is 0 Å². The van der Waals surface area contributed by atoms with Crippen LogP contribution in [0.1, 0.15) is 38.5 Å². The highest BCUT2D eigenvalue weighted by atomic mass is 16.5. The molecular weight excluding hydrogens is 520 g/mol. The first-order valence-corrected chi connectivity index (χ1v) is 14.9. The van der Waals surface area contributed by atoms with E-state index in [9.17, 15) is 0 Å². The molecule has 214 valence electrons. The van der Waals surface area contributed by atoms with Gasteiger partial charge in [0, 0.05) is 40.2 Å². The van der Waals surface area contributed by atoms with Crippen LogP contribution in [0.25, 0.3) is 43.6 Å². The van der Waals surface area contributed by atoms with Crippen molar-refractivity contribution < 1.29 is 9.47 Å². The summed E-state index contributed by atoms with van der Waals surface area (Å²) in [6.07, 6.45) is 6.94. The molecule has 6 aromatic rings. The van der Waals surface area contributed by atoms with Gasteiger partial charge in [0.15, 0.2) is 0 Å². The maximum absolute atomic E-state index is 5.72. The van der Waals surface area contributed by atoms with E-state index in [1.165, 1.54) is 19.3 Å². The Balaban J connectivity index is 1.59. The Labute approximate surface area is 247 Å². The Hall–Kier alpha value is -4.42. The second kappa shape index (κ2) is 12.6. The largest absolute Gasteiger partial charge is 0.497 e. The molecule has 6 nitrogen and oxygen atoms in total.